The summed E-state index contributed by atoms with van der Waals surface area (Å²) >= 11 is 0. The number of hydrogen-bond donors (Lipinski definition) is 0. The Hall–Kier alpha value is -6.78. The maximum Gasteiger partial charge on any atom is 0.234 e. The molecular formula is C46H30N4. The van der Waals surface area contributed by atoms with Gasteiger partial charge in [0.15, 0.2) is 0 Å². The highest BCUT2D eigenvalue weighted by Crippen LogP contribution is 2.42. The number of hydrogen-bond acceptors (Lipinski definition) is 2. The maximum absolute atomic E-state index is 4.97. The van der Waals surface area contributed by atoms with Crippen molar-refractivity contribution in [2.24, 2.45) is 0 Å². The van der Waals surface area contributed by atoms with Crippen LogP contribution in [0, 0.1) is 0 Å². The molecule has 0 radical (unpaired) electrons. The molecule has 0 saturated heterocycles. The average molecular weight is 639 g/mol. The first kappa shape index (κ1) is 28.3. The Labute approximate surface area is 289 Å². The lowest BCUT2D eigenvalue weighted by atomic mass is 10.0. The van der Waals surface area contributed by atoms with Gasteiger partial charge < -0.3 is 4.57 Å². The highest BCUT2D eigenvalue weighted by Gasteiger charge is 2.21. The Morgan fingerprint density at radius 2 is 0.880 bits per heavy atom. The minimum absolute atomic E-state index is 0.647. The van der Waals surface area contributed by atoms with Crippen LogP contribution in [0.2, 0.25) is 0 Å². The summed E-state index contributed by atoms with van der Waals surface area (Å²) in [6.07, 6.45) is 3.87. The Morgan fingerprint density at radius 3 is 1.58 bits per heavy atom. The van der Waals surface area contributed by atoms with Gasteiger partial charge in [0.2, 0.25) is 5.95 Å². The normalized spacial score (nSPS) is 11.6. The summed E-state index contributed by atoms with van der Waals surface area (Å²) in [5.41, 5.74) is 12.5. The molecule has 4 heteroatoms. The van der Waals surface area contributed by atoms with E-state index in [-0.39, 0.29) is 0 Å². The Kier molecular flexibility index (Phi) is 6.46. The minimum atomic E-state index is 0.647. The Morgan fingerprint density at radius 1 is 0.340 bits per heavy atom. The van der Waals surface area contributed by atoms with Crippen LogP contribution in [0.15, 0.2) is 182 Å². The highest BCUT2D eigenvalue weighted by atomic mass is 15.2. The van der Waals surface area contributed by atoms with Crippen LogP contribution >= 0.6 is 0 Å². The molecule has 10 rings (SSSR count). The average Bonchev–Trinajstić information content (AvgIpc) is 3.72. The molecule has 0 saturated carbocycles. The van der Waals surface area contributed by atoms with E-state index in [9.17, 15) is 0 Å². The number of aromatic nitrogens is 4. The molecule has 0 N–H and O–H groups in total. The van der Waals surface area contributed by atoms with E-state index in [1.54, 1.807) is 0 Å². The number of benzene rings is 7. The van der Waals surface area contributed by atoms with Crippen molar-refractivity contribution in [3.63, 3.8) is 0 Å². The van der Waals surface area contributed by atoms with Gasteiger partial charge in [0.1, 0.15) is 0 Å². The first-order chi connectivity index (χ1) is 24.8. The van der Waals surface area contributed by atoms with Crippen molar-refractivity contribution in [2.75, 3.05) is 0 Å². The van der Waals surface area contributed by atoms with Crippen molar-refractivity contribution in [3.8, 4) is 45.0 Å². The fraction of sp³-hybridized carbons (Fsp3) is 0. The van der Waals surface area contributed by atoms with Crippen LogP contribution in [0.3, 0.4) is 0 Å². The van der Waals surface area contributed by atoms with Gasteiger partial charge >= 0.3 is 0 Å². The molecule has 50 heavy (non-hydrogen) atoms. The summed E-state index contributed by atoms with van der Waals surface area (Å²) in [6, 6.07) is 60.3. The van der Waals surface area contributed by atoms with E-state index in [1.165, 1.54) is 54.8 Å². The summed E-state index contributed by atoms with van der Waals surface area (Å²) in [5, 5.41) is 4.80. The molecule has 4 nitrogen and oxygen atoms in total. The first-order valence-corrected chi connectivity index (χ1v) is 16.9. The van der Waals surface area contributed by atoms with Gasteiger partial charge in [0.25, 0.3) is 0 Å². The SMILES string of the molecule is c1ccc(-c2ccc(-c3cnc(-n4c5ccccc5c5c4ccc4c6ccccc6n(-c6cccc(-c7ccccc7)c6)c45)nc3)cc2)cc1. The second kappa shape index (κ2) is 11.4. The van der Waals surface area contributed by atoms with Crippen molar-refractivity contribution in [1.29, 1.82) is 0 Å². The zero-order valence-corrected chi connectivity index (χ0v) is 27.1. The van der Waals surface area contributed by atoms with Gasteiger partial charge in [0.05, 0.1) is 22.1 Å². The van der Waals surface area contributed by atoms with Crippen molar-refractivity contribution in [1.82, 2.24) is 19.1 Å². The van der Waals surface area contributed by atoms with Crippen LogP contribution < -0.4 is 0 Å². The molecule has 10 aromatic rings. The van der Waals surface area contributed by atoms with Crippen molar-refractivity contribution < 1.29 is 0 Å². The van der Waals surface area contributed by atoms with Crippen molar-refractivity contribution >= 4 is 43.6 Å². The van der Waals surface area contributed by atoms with Crippen LogP contribution in [0.5, 0.6) is 0 Å². The monoisotopic (exact) mass is 638 g/mol. The fourth-order valence-electron chi connectivity index (χ4n) is 7.52. The van der Waals surface area contributed by atoms with Crippen molar-refractivity contribution in [2.45, 2.75) is 0 Å². The molecule has 0 spiro atoms. The number of rotatable bonds is 5. The van der Waals surface area contributed by atoms with Gasteiger partial charge in [-0.15, -0.1) is 0 Å². The van der Waals surface area contributed by atoms with E-state index >= 15 is 0 Å². The molecule has 0 aliphatic heterocycles. The quantitative estimate of drug-likeness (QED) is 0.188. The molecule has 0 unspecified atom stereocenters. The topological polar surface area (TPSA) is 35.6 Å². The highest BCUT2D eigenvalue weighted by molar-refractivity contribution is 6.26. The summed E-state index contributed by atoms with van der Waals surface area (Å²) in [4.78, 5) is 9.94. The van der Waals surface area contributed by atoms with E-state index in [4.69, 9.17) is 9.97 Å². The molecule has 0 aliphatic carbocycles. The molecule has 0 fully saturated rings. The lowest BCUT2D eigenvalue weighted by Crippen LogP contribution is -2.01. The third-order valence-electron chi connectivity index (χ3n) is 9.84. The standard InChI is InChI=1S/C46H30N4/c1-3-12-31(13-4-1)33-22-24-34(25-23-33)36-29-47-46(48-30-36)50-42-21-10-8-19-40(42)44-43(50)27-26-39-38-18-7-9-20-41(38)49(45(39)44)37-17-11-16-35(28-37)32-14-5-2-6-15-32/h1-30H. The van der Waals surface area contributed by atoms with Crippen LogP contribution in [-0.2, 0) is 0 Å². The molecule has 0 bridgehead atoms. The molecule has 234 valence electrons. The number of nitrogens with zero attached hydrogens (tertiary/aromatic N) is 4. The minimum Gasteiger partial charge on any atom is -0.309 e. The summed E-state index contributed by atoms with van der Waals surface area (Å²) in [5.74, 6) is 0.647. The lowest BCUT2D eigenvalue weighted by Gasteiger charge is -2.11. The molecule has 0 aliphatic rings. The van der Waals surface area contributed by atoms with Crippen LogP contribution in [-0.4, -0.2) is 19.1 Å². The lowest BCUT2D eigenvalue weighted by molar-refractivity contribution is 0.990. The van der Waals surface area contributed by atoms with Gasteiger partial charge in [-0.2, -0.15) is 0 Å². The van der Waals surface area contributed by atoms with Gasteiger partial charge in [0, 0.05) is 45.2 Å². The summed E-state index contributed by atoms with van der Waals surface area (Å²) in [7, 11) is 0. The molecule has 3 aromatic heterocycles. The zero-order chi connectivity index (χ0) is 33.0. The van der Waals surface area contributed by atoms with E-state index in [0.29, 0.717) is 5.95 Å². The Bertz CT molecular complexity index is 2830. The third-order valence-corrected chi connectivity index (χ3v) is 9.84. The molecule has 0 amide bonds. The summed E-state index contributed by atoms with van der Waals surface area (Å²) in [6.45, 7) is 0. The smallest absolute Gasteiger partial charge is 0.234 e. The molecular weight excluding hydrogens is 609 g/mol. The van der Waals surface area contributed by atoms with Gasteiger partial charge in [-0.1, -0.05) is 140 Å². The van der Waals surface area contributed by atoms with Crippen LogP contribution in [0.4, 0.5) is 0 Å². The maximum atomic E-state index is 4.97. The van der Waals surface area contributed by atoms with E-state index in [1.807, 2.05) is 18.5 Å². The van der Waals surface area contributed by atoms with Crippen LogP contribution in [0.25, 0.3) is 88.6 Å². The molecule has 7 aromatic carbocycles. The second-order valence-electron chi connectivity index (χ2n) is 12.7. The Balaban J connectivity index is 1.16. The van der Waals surface area contributed by atoms with Gasteiger partial charge in [-0.25, -0.2) is 9.97 Å². The van der Waals surface area contributed by atoms with Gasteiger partial charge in [-0.05, 0) is 58.1 Å². The molecule has 3 heterocycles. The first-order valence-electron chi connectivity index (χ1n) is 16.9. The van der Waals surface area contributed by atoms with E-state index in [2.05, 4.69) is 173 Å². The van der Waals surface area contributed by atoms with Crippen molar-refractivity contribution in [3.05, 3.63) is 182 Å². The van der Waals surface area contributed by atoms with E-state index < -0.39 is 0 Å². The van der Waals surface area contributed by atoms with Crippen LogP contribution in [0.1, 0.15) is 0 Å². The second-order valence-corrected chi connectivity index (χ2v) is 12.7. The number of para-hydroxylation sites is 2. The fourth-order valence-corrected chi connectivity index (χ4v) is 7.52. The largest absolute Gasteiger partial charge is 0.309 e. The predicted molar refractivity (Wildman–Crippen MR) is 207 cm³/mol. The predicted octanol–water partition coefficient (Wildman–Crippen LogP) is 11.7. The number of fused-ring (bicyclic) bond motifs is 7. The third kappa shape index (κ3) is 4.46. The van der Waals surface area contributed by atoms with Gasteiger partial charge in [-0.3, -0.25) is 4.57 Å². The summed E-state index contributed by atoms with van der Waals surface area (Å²) < 4.78 is 4.63. The van der Waals surface area contributed by atoms with E-state index in [0.717, 1.165) is 27.8 Å². The zero-order valence-electron chi connectivity index (χ0n) is 27.1. The molecule has 0 atom stereocenters.